The molecule has 0 aromatic carbocycles. The van der Waals surface area contributed by atoms with Gasteiger partial charge in [0.2, 0.25) is 0 Å². The number of hydrogen-bond acceptors (Lipinski definition) is 3. The van der Waals surface area contributed by atoms with Gasteiger partial charge in [0.05, 0.1) is 0 Å². The van der Waals surface area contributed by atoms with Crippen LogP contribution < -0.4 is 0 Å². The van der Waals surface area contributed by atoms with Crippen molar-refractivity contribution in [3.8, 4) is 0 Å². The second-order valence-corrected chi connectivity index (χ2v) is 3.30. The summed E-state index contributed by atoms with van der Waals surface area (Å²) < 4.78 is 0. The number of carboxylic acids is 1. The lowest BCUT2D eigenvalue weighted by Gasteiger charge is -2.26. The fourth-order valence-corrected chi connectivity index (χ4v) is 1.38. The number of carbonyl (C=O) groups is 1. The van der Waals surface area contributed by atoms with Crippen LogP contribution in [0.2, 0.25) is 0 Å². The summed E-state index contributed by atoms with van der Waals surface area (Å²) in [5.74, 6) is -1.01. The average Bonchev–Trinajstić information content (AvgIpc) is 2.17. The molecule has 0 amide bonds. The maximum absolute atomic E-state index is 10.6. The van der Waals surface area contributed by atoms with Crippen molar-refractivity contribution in [2.24, 2.45) is 0 Å². The van der Waals surface area contributed by atoms with E-state index in [1.807, 2.05) is 6.08 Å². The fourth-order valence-electron chi connectivity index (χ4n) is 1.38. The molecule has 0 aromatic heterocycles. The molecule has 0 aliphatic heterocycles. The smallest absolute Gasteiger partial charge is 0.328 e. The molecule has 1 aliphatic carbocycles. The highest BCUT2D eigenvalue weighted by atomic mass is 16.5. The van der Waals surface area contributed by atoms with E-state index in [1.54, 1.807) is 0 Å². The van der Waals surface area contributed by atoms with Crippen LogP contribution in [0.25, 0.3) is 0 Å². The van der Waals surface area contributed by atoms with E-state index in [0.717, 1.165) is 36.4 Å². The van der Waals surface area contributed by atoms with Gasteiger partial charge in [-0.05, 0) is 32.6 Å². The number of carboxylic acid groups (broad SMARTS) is 1. The van der Waals surface area contributed by atoms with E-state index >= 15 is 0 Å². The molecule has 0 fully saturated rings. The largest absolute Gasteiger partial charge is 0.480 e. The van der Waals surface area contributed by atoms with Crippen LogP contribution >= 0.6 is 0 Å². The minimum atomic E-state index is -1.01. The Labute approximate surface area is 77.4 Å². The van der Waals surface area contributed by atoms with E-state index in [1.165, 1.54) is 6.92 Å². The Kier molecular flexibility index (Phi) is 3.31. The van der Waals surface area contributed by atoms with E-state index in [2.05, 4.69) is 0 Å². The fraction of sp³-hybridized carbons (Fsp3) is 0.667. The number of hydroxylamine groups is 2. The lowest BCUT2D eigenvalue weighted by Crippen LogP contribution is -2.36. The Morgan fingerprint density at radius 3 is 2.77 bits per heavy atom. The summed E-state index contributed by atoms with van der Waals surface area (Å²) >= 11 is 0. The summed E-state index contributed by atoms with van der Waals surface area (Å²) in [6, 6.07) is -0.857. The maximum Gasteiger partial charge on any atom is 0.328 e. The van der Waals surface area contributed by atoms with Crippen LogP contribution in [0.4, 0.5) is 0 Å². The molecule has 74 valence electrons. The molecule has 0 saturated carbocycles. The van der Waals surface area contributed by atoms with Gasteiger partial charge in [-0.3, -0.25) is 5.21 Å². The quantitative estimate of drug-likeness (QED) is 0.656. The van der Waals surface area contributed by atoms with Crippen molar-refractivity contribution in [2.45, 2.75) is 38.6 Å². The lowest BCUT2D eigenvalue weighted by atomic mass is 10.0. The van der Waals surface area contributed by atoms with Crippen molar-refractivity contribution in [3.05, 3.63) is 11.8 Å². The molecule has 4 heteroatoms. The summed E-state index contributed by atoms with van der Waals surface area (Å²) in [5.41, 5.74) is 0.737. The van der Waals surface area contributed by atoms with E-state index < -0.39 is 12.0 Å². The SMILES string of the molecule is C[C@@H](C(=O)O)N(O)C1=CCCCC1. The van der Waals surface area contributed by atoms with Crippen LogP contribution in [-0.2, 0) is 4.79 Å². The van der Waals surface area contributed by atoms with Gasteiger partial charge in [-0.1, -0.05) is 6.08 Å². The van der Waals surface area contributed by atoms with Gasteiger partial charge in [0.1, 0.15) is 0 Å². The number of aliphatic carboxylic acids is 1. The first-order chi connectivity index (χ1) is 6.13. The van der Waals surface area contributed by atoms with Crippen LogP contribution in [-0.4, -0.2) is 27.4 Å². The summed E-state index contributed by atoms with van der Waals surface area (Å²) in [7, 11) is 0. The molecular formula is C9H15NO3. The van der Waals surface area contributed by atoms with Crippen molar-refractivity contribution in [2.75, 3.05) is 0 Å². The molecule has 0 unspecified atom stereocenters. The second kappa shape index (κ2) is 4.28. The van der Waals surface area contributed by atoms with Crippen LogP contribution in [0.1, 0.15) is 32.6 Å². The number of hydrogen-bond donors (Lipinski definition) is 2. The molecule has 0 saturated heterocycles. The summed E-state index contributed by atoms with van der Waals surface area (Å²) in [4.78, 5) is 10.6. The predicted molar refractivity (Wildman–Crippen MR) is 47.3 cm³/mol. The number of nitrogens with zero attached hydrogens (tertiary/aromatic N) is 1. The van der Waals surface area contributed by atoms with Crippen molar-refractivity contribution in [1.82, 2.24) is 5.06 Å². The Balaban J connectivity index is 2.60. The molecule has 4 nitrogen and oxygen atoms in total. The molecule has 0 aromatic rings. The second-order valence-electron chi connectivity index (χ2n) is 3.30. The zero-order valence-corrected chi connectivity index (χ0v) is 7.73. The first-order valence-electron chi connectivity index (χ1n) is 4.53. The highest BCUT2D eigenvalue weighted by molar-refractivity contribution is 5.72. The van der Waals surface area contributed by atoms with Crippen LogP contribution in [0.5, 0.6) is 0 Å². The highest BCUT2D eigenvalue weighted by Crippen LogP contribution is 2.21. The standard InChI is InChI=1S/C9H15NO3/c1-7(9(11)12)10(13)8-5-3-2-4-6-8/h5,7,13H,2-4,6H2,1H3,(H,11,12)/t7-/m0/s1. The van der Waals surface area contributed by atoms with Gasteiger partial charge in [0.25, 0.3) is 0 Å². The van der Waals surface area contributed by atoms with Crippen LogP contribution in [0.3, 0.4) is 0 Å². The summed E-state index contributed by atoms with van der Waals surface area (Å²) in [5, 5.41) is 19.0. The zero-order chi connectivity index (χ0) is 9.84. The number of rotatable bonds is 3. The summed E-state index contributed by atoms with van der Waals surface area (Å²) in [6.45, 7) is 1.47. The minimum Gasteiger partial charge on any atom is -0.480 e. The van der Waals surface area contributed by atoms with E-state index in [-0.39, 0.29) is 0 Å². The molecule has 13 heavy (non-hydrogen) atoms. The first kappa shape index (κ1) is 10.1. The van der Waals surface area contributed by atoms with Crippen molar-refractivity contribution in [1.29, 1.82) is 0 Å². The third kappa shape index (κ3) is 2.45. The molecule has 1 rings (SSSR count). The third-order valence-electron chi connectivity index (χ3n) is 2.29. The Bertz CT molecular complexity index is 225. The molecular weight excluding hydrogens is 170 g/mol. The van der Waals surface area contributed by atoms with Crippen molar-refractivity contribution >= 4 is 5.97 Å². The molecule has 0 spiro atoms. The topological polar surface area (TPSA) is 60.8 Å². The zero-order valence-electron chi connectivity index (χ0n) is 7.73. The molecule has 0 heterocycles. The lowest BCUT2D eigenvalue weighted by molar-refractivity contribution is -0.159. The highest BCUT2D eigenvalue weighted by Gasteiger charge is 2.21. The third-order valence-corrected chi connectivity index (χ3v) is 2.29. The van der Waals surface area contributed by atoms with Gasteiger partial charge in [0, 0.05) is 5.70 Å². The van der Waals surface area contributed by atoms with Crippen LogP contribution in [0.15, 0.2) is 11.8 Å². The van der Waals surface area contributed by atoms with E-state index in [9.17, 15) is 10.0 Å². The van der Waals surface area contributed by atoms with Gasteiger partial charge < -0.3 is 5.11 Å². The molecule has 0 radical (unpaired) electrons. The Morgan fingerprint density at radius 1 is 1.62 bits per heavy atom. The van der Waals surface area contributed by atoms with Crippen molar-refractivity contribution < 1.29 is 15.1 Å². The van der Waals surface area contributed by atoms with Gasteiger partial charge in [-0.2, -0.15) is 0 Å². The van der Waals surface area contributed by atoms with Gasteiger partial charge >= 0.3 is 5.97 Å². The van der Waals surface area contributed by atoms with Gasteiger partial charge in [-0.25, -0.2) is 9.86 Å². The Morgan fingerprint density at radius 2 is 2.31 bits per heavy atom. The van der Waals surface area contributed by atoms with Gasteiger partial charge in [0.15, 0.2) is 6.04 Å². The summed E-state index contributed by atoms with van der Waals surface area (Å²) in [6.07, 6.45) is 5.75. The van der Waals surface area contributed by atoms with E-state index in [4.69, 9.17) is 5.11 Å². The average molecular weight is 185 g/mol. The normalized spacial score (nSPS) is 19.1. The molecule has 1 aliphatic rings. The maximum atomic E-state index is 10.6. The monoisotopic (exact) mass is 185 g/mol. The van der Waals surface area contributed by atoms with E-state index in [0.29, 0.717) is 0 Å². The first-order valence-corrected chi connectivity index (χ1v) is 4.53. The predicted octanol–water partition coefficient (Wildman–Crippen LogP) is 1.61. The minimum absolute atomic E-state index is 0.737. The van der Waals surface area contributed by atoms with Crippen LogP contribution in [0, 0.1) is 0 Å². The number of allylic oxidation sites excluding steroid dienone is 2. The molecule has 2 N–H and O–H groups in total. The molecule has 1 atom stereocenters. The van der Waals surface area contributed by atoms with Crippen molar-refractivity contribution in [3.63, 3.8) is 0 Å². The molecule has 0 bridgehead atoms. The Hall–Kier alpha value is -1.03. The van der Waals surface area contributed by atoms with Gasteiger partial charge in [-0.15, -0.1) is 0 Å².